The van der Waals surface area contributed by atoms with Crippen molar-refractivity contribution in [2.75, 3.05) is 31.6 Å². The van der Waals surface area contributed by atoms with Crippen LogP contribution in [0.4, 0.5) is 16.0 Å². The topological polar surface area (TPSA) is 88.3 Å². The van der Waals surface area contributed by atoms with E-state index in [0.29, 0.717) is 6.54 Å². The summed E-state index contributed by atoms with van der Waals surface area (Å²) in [6.07, 6.45) is 4.56. The Morgan fingerprint density at radius 2 is 2.09 bits per heavy atom. The molecule has 1 saturated heterocycles. The molecule has 0 bridgehead atoms. The normalized spacial score (nSPS) is 16.3. The fourth-order valence-corrected chi connectivity index (χ4v) is 4.28. The third kappa shape index (κ3) is 4.71. The highest BCUT2D eigenvalue weighted by Crippen LogP contribution is 2.27. The number of ether oxygens (including phenoxy) is 1. The summed E-state index contributed by atoms with van der Waals surface area (Å²) < 4.78 is 22.5. The number of hydrogen-bond donors (Lipinski definition) is 2. The van der Waals surface area contributed by atoms with E-state index in [2.05, 4.69) is 32.1 Å². The van der Waals surface area contributed by atoms with Crippen molar-refractivity contribution in [3.8, 4) is 11.6 Å². The minimum absolute atomic E-state index is 0.0784. The van der Waals surface area contributed by atoms with Gasteiger partial charge in [0.2, 0.25) is 5.95 Å². The van der Waals surface area contributed by atoms with Crippen molar-refractivity contribution in [3.63, 3.8) is 0 Å². The highest BCUT2D eigenvalue weighted by Gasteiger charge is 2.23. The van der Waals surface area contributed by atoms with Gasteiger partial charge in [0.15, 0.2) is 11.6 Å². The highest BCUT2D eigenvalue weighted by atomic mass is 19.1. The number of aromatic nitrogens is 4. The number of fused-ring (bicyclic) bond motifs is 1. The molecular weight excluding hydrogens is 435 g/mol. The summed E-state index contributed by atoms with van der Waals surface area (Å²) in [5.74, 6) is 0.641. The molecule has 1 atom stereocenters. The predicted octanol–water partition coefficient (Wildman–Crippen LogP) is 3.71. The molecule has 1 unspecified atom stereocenters. The van der Waals surface area contributed by atoms with Crippen LogP contribution < -0.4 is 10.1 Å². The van der Waals surface area contributed by atoms with Crippen LogP contribution in [0.25, 0.3) is 16.9 Å². The van der Waals surface area contributed by atoms with Crippen LogP contribution in [0.15, 0.2) is 55.0 Å². The van der Waals surface area contributed by atoms with Crippen LogP contribution in [0.5, 0.6) is 5.75 Å². The summed E-state index contributed by atoms with van der Waals surface area (Å²) in [6.45, 7) is 4.61. The number of β-amino-alcohol motifs (C(OH)–C–C–N with tert-alkyl or cyclic N) is 1. The zero-order valence-corrected chi connectivity index (χ0v) is 19.0. The van der Waals surface area contributed by atoms with Crippen molar-refractivity contribution >= 4 is 22.7 Å². The van der Waals surface area contributed by atoms with Crippen LogP contribution in [0.3, 0.4) is 0 Å². The van der Waals surface area contributed by atoms with E-state index < -0.39 is 5.82 Å². The van der Waals surface area contributed by atoms with Gasteiger partial charge in [0.1, 0.15) is 18.2 Å². The third-order valence-corrected chi connectivity index (χ3v) is 5.99. The molecule has 176 valence electrons. The maximum absolute atomic E-state index is 14.7. The summed E-state index contributed by atoms with van der Waals surface area (Å²) in [6, 6.07) is 13.5. The number of likely N-dealkylation sites (tertiary alicyclic amines) is 1. The largest absolute Gasteiger partial charge is 0.489 e. The number of aryl methyl sites for hydroxylation is 1. The number of aliphatic hydroxyl groups excluding tert-OH is 1. The number of imidazole rings is 1. The van der Waals surface area contributed by atoms with Gasteiger partial charge in [0.25, 0.3) is 0 Å². The highest BCUT2D eigenvalue weighted by molar-refractivity contribution is 5.76. The predicted molar refractivity (Wildman–Crippen MR) is 128 cm³/mol. The minimum Gasteiger partial charge on any atom is -0.489 e. The second kappa shape index (κ2) is 9.74. The fourth-order valence-electron chi connectivity index (χ4n) is 4.28. The fraction of sp³-hybridized carbons (Fsp3) is 0.320. The van der Waals surface area contributed by atoms with Gasteiger partial charge in [-0.25, -0.2) is 14.4 Å². The Kier molecular flexibility index (Phi) is 6.37. The molecule has 1 aliphatic rings. The number of nitrogens with zero attached hydrogens (tertiary/aromatic N) is 5. The Hall–Kier alpha value is -3.56. The monoisotopic (exact) mass is 462 g/mol. The first-order chi connectivity index (χ1) is 16.6. The maximum atomic E-state index is 14.7. The van der Waals surface area contributed by atoms with Gasteiger partial charge >= 0.3 is 0 Å². The van der Waals surface area contributed by atoms with Crippen molar-refractivity contribution in [3.05, 3.63) is 66.4 Å². The molecule has 2 aromatic carbocycles. The zero-order valence-electron chi connectivity index (χ0n) is 19.0. The minimum atomic E-state index is -0.534. The molecule has 0 amide bonds. The van der Waals surface area contributed by atoms with E-state index in [1.54, 1.807) is 10.9 Å². The van der Waals surface area contributed by atoms with Gasteiger partial charge < -0.3 is 15.2 Å². The van der Waals surface area contributed by atoms with Crippen molar-refractivity contribution in [2.45, 2.75) is 25.9 Å². The molecule has 3 heterocycles. The first kappa shape index (κ1) is 22.2. The van der Waals surface area contributed by atoms with E-state index in [9.17, 15) is 4.39 Å². The number of rotatable bonds is 8. The van der Waals surface area contributed by atoms with Gasteiger partial charge in [-0.15, -0.1) is 0 Å². The average Bonchev–Trinajstić information content (AvgIpc) is 3.47. The summed E-state index contributed by atoms with van der Waals surface area (Å²) >= 11 is 0. The molecular formula is C25H27FN6O2. The van der Waals surface area contributed by atoms with Crippen molar-refractivity contribution in [1.82, 2.24) is 24.4 Å². The Labute approximate surface area is 197 Å². The molecule has 0 aliphatic carbocycles. The second-order valence-corrected chi connectivity index (χ2v) is 8.37. The molecule has 5 rings (SSSR count). The van der Waals surface area contributed by atoms with E-state index in [-0.39, 0.29) is 24.5 Å². The van der Waals surface area contributed by atoms with E-state index in [4.69, 9.17) is 9.84 Å². The van der Waals surface area contributed by atoms with E-state index >= 15 is 0 Å². The van der Waals surface area contributed by atoms with Crippen molar-refractivity contribution < 1.29 is 14.2 Å². The van der Waals surface area contributed by atoms with Gasteiger partial charge in [-0.2, -0.15) is 4.98 Å². The number of nitrogens with one attached hydrogen (secondary N) is 1. The van der Waals surface area contributed by atoms with Gasteiger partial charge in [0, 0.05) is 31.4 Å². The molecule has 4 aromatic rings. The quantitative estimate of drug-likeness (QED) is 0.413. The van der Waals surface area contributed by atoms with Crippen molar-refractivity contribution in [2.24, 2.45) is 0 Å². The summed E-state index contributed by atoms with van der Waals surface area (Å²) in [7, 11) is 0. The summed E-state index contributed by atoms with van der Waals surface area (Å²) in [5.41, 5.74) is 3.40. The number of halogens is 1. The van der Waals surface area contributed by atoms with Crippen LogP contribution in [-0.2, 0) is 6.42 Å². The molecule has 1 aliphatic heterocycles. The van der Waals surface area contributed by atoms with Gasteiger partial charge in [-0.1, -0.05) is 19.1 Å². The van der Waals surface area contributed by atoms with Gasteiger partial charge in [-0.3, -0.25) is 9.47 Å². The maximum Gasteiger partial charge on any atom is 0.229 e. The lowest BCUT2D eigenvalue weighted by Gasteiger charge is -2.17. The van der Waals surface area contributed by atoms with Crippen molar-refractivity contribution in [1.29, 1.82) is 0 Å². The number of para-hydroxylation sites is 2. The number of hydrogen-bond acceptors (Lipinski definition) is 7. The Morgan fingerprint density at radius 1 is 1.21 bits per heavy atom. The Balaban J connectivity index is 1.39. The van der Waals surface area contributed by atoms with Gasteiger partial charge in [-0.05, 0) is 42.7 Å². The number of benzene rings is 2. The van der Waals surface area contributed by atoms with Crippen LogP contribution in [0.1, 0.15) is 18.9 Å². The van der Waals surface area contributed by atoms with E-state index in [1.165, 1.54) is 0 Å². The summed E-state index contributed by atoms with van der Waals surface area (Å²) in [5, 5.41) is 12.4. The van der Waals surface area contributed by atoms with Crippen LogP contribution in [-0.4, -0.2) is 61.9 Å². The number of anilines is 2. The lowest BCUT2D eigenvalue weighted by Crippen LogP contribution is -2.27. The molecule has 34 heavy (non-hydrogen) atoms. The third-order valence-electron chi connectivity index (χ3n) is 5.99. The SMILES string of the molecule is CCc1cc(Nc2ncc(F)c(-n3cnc4ccccc43)n2)cc(OC2CCN(CCO)C2)c1. The molecule has 0 radical (unpaired) electrons. The first-order valence-electron chi connectivity index (χ1n) is 11.5. The molecule has 2 N–H and O–H groups in total. The average molecular weight is 463 g/mol. The van der Waals surface area contributed by atoms with E-state index in [0.717, 1.165) is 60.2 Å². The molecule has 8 nitrogen and oxygen atoms in total. The zero-order chi connectivity index (χ0) is 23.5. The van der Waals surface area contributed by atoms with Crippen LogP contribution in [0.2, 0.25) is 0 Å². The number of aliphatic hydroxyl groups is 1. The molecule has 9 heteroatoms. The summed E-state index contributed by atoms with van der Waals surface area (Å²) in [4.78, 5) is 15.1. The first-order valence-corrected chi connectivity index (χ1v) is 11.5. The molecule has 2 aromatic heterocycles. The Morgan fingerprint density at radius 3 is 2.94 bits per heavy atom. The van der Waals surface area contributed by atoms with Crippen LogP contribution in [0, 0.1) is 5.82 Å². The standard InChI is InChI=1S/C25H27FN6O2/c1-2-17-11-18(13-20(12-17)34-19-7-8-31(15-19)9-10-33)29-25-27-14-21(26)24(30-25)32-16-28-22-5-3-4-6-23(22)32/h3-6,11-14,16,19,33H,2,7-10,15H2,1H3,(H,27,29,30). The molecule has 0 spiro atoms. The van der Waals surface area contributed by atoms with Crippen LogP contribution >= 0.6 is 0 Å². The molecule has 0 saturated carbocycles. The second-order valence-electron chi connectivity index (χ2n) is 8.37. The lowest BCUT2D eigenvalue weighted by atomic mass is 10.1. The van der Waals surface area contributed by atoms with Gasteiger partial charge in [0.05, 0.1) is 23.8 Å². The van der Waals surface area contributed by atoms with E-state index in [1.807, 2.05) is 42.5 Å². The lowest BCUT2D eigenvalue weighted by molar-refractivity contribution is 0.181. The Bertz CT molecular complexity index is 1290. The molecule has 1 fully saturated rings. The smallest absolute Gasteiger partial charge is 0.229 e.